The molecule has 0 aliphatic carbocycles. The first-order chi connectivity index (χ1) is 12.9. The van der Waals surface area contributed by atoms with E-state index in [4.69, 9.17) is 9.47 Å². The van der Waals surface area contributed by atoms with E-state index >= 15 is 0 Å². The van der Waals surface area contributed by atoms with Crippen LogP contribution in [0, 0.1) is 5.82 Å². The van der Waals surface area contributed by atoms with Crippen LogP contribution >= 0.6 is 0 Å². The SMILES string of the molecule is C=CC(=O)OC=COc1ccc(-c2ccc(OC(=O)C(=C)C)c(F)c2)cc1. The molecule has 0 aliphatic heterocycles. The predicted molar refractivity (Wildman–Crippen MR) is 98.3 cm³/mol. The molecule has 5 nitrogen and oxygen atoms in total. The highest BCUT2D eigenvalue weighted by Gasteiger charge is 2.11. The average molecular weight is 368 g/mol. The van der Waals surface area contributed by atoms with Crippen molar-refractivity contribution in [1.29, 1.82) is 0 Å². The fourth-order valence-corrected chi connectivity index (χ4v) is 1.93. The summed E-state index contributed by atoms with van der Waals surface area (Å²) >= 11 is 0. The van der Waals surface area contributed by atoms with Crippen LogP contribution in [0.5, 0.6) is 11.5 Å². The van der Waals surface area contributed by atoms with Crippen LogP contribution < -0.4 is 9.47 Å². The minimum Gasteiger partial charge on any atom is -0.462 e. The Hall–Kier alpha value is -3.67. The lowest BCUT2D eigenvalue weighted by atomic mass is 10.1. The smallest absolute Gasteiger partial charge is 0.338 e. The van der Waals surface area contributed by atoms with E-state index < -0.39 is 17.8 Å². The van der Waals surface area contributed by atoms with E-state index in [9.17, 15) is 14.0 Å². The number of ether oxygens (including phenoxy) is 3. The molecule has 0 unspecified atom stereocenters. The Labute approximate surface area is 156 Å². The number of benzene rings is 2. The number of esters is 2. The van der Waals surface area contributed by atoms with Crippen molar-refractivity contribution in [2.24, 2.45) is 0 Å². The Kier molecular flexibility index (Phi) is 6.66. The van der Waals surface area contributed by atoms with Gasteiger partial charge in [0.05, 0.1) is 0 Å². The molecule has 138 valence electrons. The molecule has 0 saturated heterocycles. The van der Waals surface area contributed by atoms with Crippen molar-refractivity contribution in [2.45, 2.75) is 6.92 Å². The van der Waals surface area contributed by atoms with Gasteiger partial charge in [-0.1, -0.05) is 31.4 Å². The highest BCUT2D eigenvalue weighted by atomic mass is 19.1. The van der Waals surface area contributed by atoms with Gasteiger partial charge in [0.15, 0.2) is 11.6 Å². The van der Waals surface area contributed by atoms with Crippen molar-refractivity contribution >= 4 is 11.9 Å². The van der Waals surface area contributed by atoms with Crippen LogP contribution in [0.15, 0.2) is 79.8 Å². The summed E-state index contributed by atoms with van der Waals surface area (Å²) < 4.78 is 29.0. The van der Waals surface area contributed by atoms with Gasteiger partial charge < -0.3 is 14.2 Å². The molecular weight excluding hydrogens is 351 g/mol. The quantitative estimate of drug-likeness (QED) is 0.310. The summed E-state index contributed by atoms with van der Waals surface area (Å²) in [6, 6.07) is 11.1. The third kappa shape index (κ3) is 5.67. The second-order valence-electron chi connectivity index (χ2n) is 5.37. The Morgan fingerprint density at radius 1 is 1.04 bits per heavy atom. The van der Waals surface area contributed by atoms with Gasteiger partial charge >= 0.3 is 11.9 Å². The number of halogens is 1. The summed E-state index contributed by atoms with van der Waals surface area (Å²) in [7, 11) is 0. The largest absolute Gasteiger partial charge is 0.462 e. The van der Waals surface area contributed by atoms with Gasteiger partial charge in [-0.15, -0.1) is 0 Å². The third-order valence-corrected chi connectivity index (χ3v) is 3.28. The van der Waals surface area contributed by atoms with Crippen molar-refractivity contribution in [3.63, 3.8) is 0 Å². The molecule has 0 aromatic heterocycles. The zero-order chi connectivity index (χ0) is 19.8. The first-order valence-corrected chi connectivity index (χ1v) is 7.83. The van der Waals surface area contributed by atoms with E-state index in [2.05, 4.69) is 17.9 Å². The maximum Gasteiger partial charge on any atom is 0.338 e. The van der Waals surface area contributed by atoms with Crippen molar-refractivity contribution in [2.75, 3.05) is 0 Å². The Bertz CT molecular complexity index is 897. The van der Waals surface area contributed by atoms with E-state index in [1.54, 1.807) is 30.3 Å². The monoisotopic (exact) mass is 368 g/mol. The van der Waals surface area contributed by atoms with Gasteiger partial charge in [0.1, 0.15) is 18.3 Å². The number of rotatable bonds is 7. The molecule has 0 spiro atoms. The molecular formula is C21H17FO5. The van der Waals surface area contributed by atoms with E-state index in [1.807, 2.05) is 0 Å². The first kappa shape index (κ1) is 19.7. The zero-order valence-electron chi connectivity index (χ0n) is 14.6. The summed E-state index contributed by atoms with van der Waals surface area (Å²) in [6.45, 7) is 8.20. The molecule has 0 aliphatic rings. The van der Waals surface area contributed by atoms with Gasteiger partial charge in [-0.25, -0.2) is 14.0 Å². The van der Waals surface area contributed by atoms with Crippen LogP contribution in [0.1, 0.15) is 6.92 Å². The fourth-order valence-electron chi connectivity index (χ4n) is 1.93. The minimum atomic E-state index is -0.685. The lowest BCUT2D eigenvalue weighted by Crippen LogP contribution is -2.09. The van der Waals surface area contributed by atoms with Crippen LogP contribution in [0.4, 0.5) is 4.39 Å². The summed E-state index contributed by atoms with van der Waals surface area (Å²) in [6.07, 6.45) is 3.34. The number of carbonyl (C=O) groups is 2. The third-order valence-electron chi connectivity index (χ3n) is 3.28. The van der Waals surface area contributed by atoms with Crippen molar-refractivity contribution in [3.05, 3.63) is 85.6 Å². The summed E-state index contributed by atoms with van der Waals surface area (Å²) in [5.41, 5.74) is 1.52. The summed E-state index contributed by atoms with van der Waals surface area (Å²) in [5.74, 6) is -1.60. The highest BCUT2D eigenvalue weighted by molar-refractivity contribution is 5.88. The van der Waals surface area contributed by atoms with Crippen LogP contribution in [0.2, 0.25) is 0 Å². The van der Waals surface area contributed by atoms with Crippen LogP contribution in [-0.2, 0) is 14.3 Å². The van der Waals surface area contributed by atoms with Gasteiger partial charge in [-0.3, -0.25) is 0 Å². The van der Waals surface area contributed by atoms with Gasteiger partial charge in [-0.05, 0) is 42.3 Å². The van der Waals surface area contributed by atoms with Crippen LogP contribution in [-0.4, -0.2) is 11.9 Å². The number of hydrogen-bond donors (Lipinski definition) is 0. The van der Waals surface area contributed by atoms with Gasteiger partial charge in [0.2, 0.25) is 0 Å². The van der Waals surface area contributed by atoms with Crippen LogP contribution in [0.3, 0.4) is 0 Å². The highest BCUT2D eigenvalue weighted by Crippen LogP contribution is 2.27. The number of hydrogen-bond acceptors (Lipinski definition) is 5. The van der Waals surface area contributed by atoms with E-state index in [-0.39, 0.29) is 11.3 Å². The summed E-state index contributed by atoms with van der Waals surface area (Å²) in [5, 5.41) is 0. The van der Waals surface area contributed by atoms with Gasteiger partial charge in [-0.2, -0.15) is 0 Å². The standard InChI is InChI=1S/C21H17FO5/c1-4-20(23)26-12-11-25-17-8-5-15(6-9-17)16-7-10-19(18(22)13-16)27-21(24)14(2)3/h4-13H,1-2H2,3H3. The molecule has 0 fully saturated rings. The van der Waals surface area contributed by atoms with Gasteiger partial charge in [0.25, 0.3) is 0 Å². The van der Waals surface area contributed by atoms with Gasteiger partial charge in [0, 0.05) is 11.6 Å². The molecule has 6 heteroatoms. The molecule has 0 radical (unpaired) electrons. The topological polar surface area (TPSA) is 61.8 Å². The molecule has 0 amide bonds. The molecule has 0 saturated carbocycles. The Balaban J connectivity index is 2.05. The Morgan fingerprint density at radius 3 is 2.30 bits per heavy atom. The maximum absolute atomic E-state index is 14.1. The molecule has 2 rings (SSSR count). The zero-order valence-corrected chi connectivity index (χ0v) is 14.6. The maximum atomic E-state index is 14.1. The number of carbonyl (C=O) groups excluding carboxylic acids is 2. The van der Waals surface area contributed by atoms with Crippen LogP contribution in [0.25, 0.3) is 11.1 Å². The lowest BCUT2D eigenvalue weighted by molar-refractivity contribution is -0.132. The fraction of sp³-hybridized carbons (Fsp3) is 0.0476. The minimum absolute atomic E-state index is 0.161. The average Bonchev–Trinajstić information content (AvgIpc) is 2.66. The lowest BCUT2D eigenvalue weighted by Gasteiger charge is -2.08. The molecule has 0 atom stereocenters. The molecule has 0 bridgehead atoms. The van der Waals surface area contributed by atoms with Crippen molar-refractivity contribution < 1.29 is 28.2 Å². The normalized spacial score (nSPS) is 10.3. The van der Waals surface area contributed by atoms with Crippen molar-refractivity contribution in [3.8, 4) is 22.6 Å². The van der Waals surface area contributed by atoms with E-state index in [1.165, 1.54) is 25.3 Å². The van der Waals surface area contributed by atoms with E-state index in [0.717, 1.165) is 17.9 Å². The molecule has 27 heavy (non-hydrogen) atoms. The first-order valence-electron chi connectivity index (χ1n) is 7.83. The summed E-state index contributed by atoms with van der Waals surface area (Å²) in [4.78, 5) is 22.3. The second-order valence-corrected chi connectivity index (χ2v) is 5.37. The Morgan fingerprint density at radius 2 is 1.70 bits per heavy atom. The van der Waals surface area contributed by atoms with E-state index in [0.29, 0.717) is 11.3 Å². The molecule has 2 aromatic rings. The molecule has 0 heterocycles. The molecule has 2 aromatic carbocycles. The molecule has 0 N–H and O–H groups in total. The second kappa shape index (κ2) is 9.15. The van der Waals surface area contributed by atoms with Crippen molar-refractivity contribution in [1.82, 2.24) is 0 Å². The predicted octanol–water partition coefficient (Wildman–Crippen LogP) is 4.55.